The summed E-state index contributed by atoms with van der Waals surface area (Å²) in [5, 5.41) is 0.529. The number of fused-ring (bicyclic) bond motifs is 1. The maximum absolute atomic E-state index is 13.2. The van der Waals surface area contributed by atoms with E-state index in [0.717, 1.165) is 27.8 Å². The normalized spacial score (nSPS) is 11.0. The van der Waals surface area contributed by atoms with E-state index in [0.29, 0.717) is 23.3 Å². The largest absolute Gasteiger partial charge is 0.481 e. The SMILES string of the molecule is Cc1ccc(-c2oc3cc(C)ccc3c(=O)c2OCc2ccccc2C)cc1. The smallest absolute Gasteiger partial charge is 0.235 e. The van der Waals surface area contributed by atoms with Gasteiger partial charge in [0.25, 0.3) is 0 Å². The van der Waals surface area contributed by atoms with Crippen LogP contribution in [0.15, 0.2) is 75.9 Å². The van der Waals surface area contributed by atoms with Crippen LogP contribution >= 0.6 is 0 Å². The van der Waals surface area contributed by atoms with Gasteiger partial charge in [0.05, 0.1) is 5.39 Å². The fraction of sp³-hybridized carbons (Fsp3) is 0.160. The molecule has 0 radical (unpaired) electrons. The summed E-state index contributed by atoms with van der Waals surface area (Å²) in [7, 11) is 0. The average molecular weight is 370 g/mol. The van der Waals surface area contributed by atoms with Gasteiger partial charge in [-0.2, -0.15) is 0 Å². The summed E-state index contributed by atoms with van der Waals surface area (Å²) in [6.07, 6.45) is 0. The summed E-state index contributed by atoms with van der Waals surface area (Å²) >= 11 is 0. The first-order chi connectivity index (χ1) is 13.5. The molecular formula is C25H22O3. The first kappa shape index (κ1) is 18.1. The lowest BCUT2D eigenvalue weighted by molar-refractivity contribution is 0.297. The van der Waals surface area contributed by atoms with Crippen molar-refractivity contribution in [2.45, 2.75) is 27.4 Å². The van der Waals surface area contributed by atoms with Gasteiger partial charge in [0.1, 0.15) is 12.2 Å². The maximum Gasteiger partial charge on any atom is 0.235 e. The Labute approximate surface area is 164 Å². The summed E-state index contributed by atoms with van der Waals surface area (Å²) in [6, 6.07) is 21.5. The second-order valence-corrected chi connectivity index (χ2v) is 7.17. The Hall–Kier alpha value is -3.33. The predicted octanol–water partition coefficient (Wildman–Crippen LogP) is 5.96. The summed E-state index contributed by atoms with van der Waals surface area (Å²) in [4.78, 5) is 13.2. The maximum atomic E-state index is 13.2. The fourth-order valence-corrected chi connectivity index (χ4v) is 3.23. The molecular weight excluding hydrogens is 348 g/mol. The van der Waals surface area contributed by atoms with Crippen molar-refractivity contribution in [2.24, 2.45) is 0 Å². The van der Waals surface area contributed by atoms with Crippen LogP contribution in [0.3, 0.4) is 0 Å². The molecule has 0 spiro atoms. The molecule has 0 atom stereocenters. The number of rotatable bonds is 4. The predicted molar refractivity (Wildman–Crippen MR) is 113 cm³/mol. The van der Waals surface area contributed by atoms with Crippen molar-refractivity contribution in [1.29, 1.82) is 0 Å². The van der Waals surface area contributed by atoms with Crippen LogP contribution in [0.25, 0.3) is 22.3 Å². The molecule has 28 heavy (non-hydrogen) atoms. The molecule has 4 aromatic rings. The zero-order chi connectivity index (χ0) is 19.7. The Balaban J connectivity index is 1.87. The van der Waals surface area contributed by atoms with Gasteiger partial charge in [-0.15, -0.1) is 0 Å². The van der Waals surface area contributed by atoms with E-state index in [1.165, 1.54) is 0 Å². The first-order valence-corrected chi connectivity index (χ1v) is 9.35. The standard InChI is InChI=1S/C25H22O3/c1-16-8-11-19(12-9-16)24-25(27-15-20-7-5-4-6-18(20)3)23(26)21-13-10-17(2)14-22(21)28-24/h4-14H,15H2,1-3H3. The molecule has 1 heterocycles. The van der Waals surface area contributed by atoms with Gasteiger partial charge in [0.15, 0.2) is 5.76 Å². The van der Waals surface area contributed by atoms with Gasteiger partial charge in [0.2, 0.25) is 11.2 Å². The van der Waals surface area contributed by atoms with E-state index in [1.54, 1.807) is 6.07 Å². The highest BCUT2D eigenvalue weighted by Crippen LogP contribution is 2.32. The molecule has 0 aliphatic rings. The average Bonchev–Trinajstić information content (AvgIpc) is 2.69. The van der Waals surface area contributed by atoms with Crippen LogP contribution in [0.2, 0.25) is 0 Å². The van der Waals surface area contributed by atoms with E-state index in [1.807, 2.05) is 81.4 Å². The topological polar surface area (TPSA) is 39.4 Å². The molecule has 1 aromatic heterocycles. The van der Waals surface area contributed by atoms with Crippen molar-refractivity contribution in [3.63, 3.8) is 0 Å². The van der Waals surface area contributed by atoms with Gasteiger partial charge >= 0.3 is 0 Å². The zero-order valence-electron chi connectivity index (χ0n) is 16.3. The highest BCUT2D eigenvalue weighted by atomic mass is 16.5. The van der Waals surface area contributed by atoms with E-state index in [9.17, 15) is 4.79 Å². The third kappa shape index (κ3) is 3.44. The number of aryl methyl sites for hydroxylation is 3. The number of hydrogen-bond acceptors (Lipinski definition) is 3. The molecule has 4 rings (SSSR count). The Kier molecular flexibility index (Phi) is 4.74. The summed E-state index contributed by atoms with van der Waals surface area (Å²) < 4.78 is 12.2. The quantitative estimate of drug-likeness (QED) is 0.445. The summed E-state index contributed by atoms with van der Waals surface area (Å²) in [5.74, 6) is 0.722. The summed E-state index contributed by atoms with van der Waals surface area (Å²) in [6.45, 7) is 6.35. The van der Waals surface area contributed by atoms with Crippen molar-refractivity contribution in [1.82, 2.24) is 0 Å². The molecule has 140 valence electrons. The van der Waals surface area contributed by atoms with Gasteiger partial charge in [-0.3, -0.25) is 4.79 Å². The van der Waals surface area contributed by atoms with Crippen LogP contribution in [0, 0.1) is 20.8 Å². The fourth-order valence-electron chi connectivity index (χ4n) is 3.23. The minimum atomic E-state index is -0.148. The molecule has 0 saturated carbocycles. The molecule has 0 fully saturated rings. The van der Waals surface area contributed by atoms with Gasteiger partial charge in [-0.05, 0) is 49.6 Å². The molecule has 0 saturated heterocycles. The van der Waals surface area contributed by atoms with Gasteiger partial charge in [-0.1, -0.05) is 60.2 Å². The minimum absolute atomic E-state index is 0.148. The lowest BCUT2D eigenvalue weighted by Crippen LogP contribution is -2.11. The lowest BCUT2D eigenvalue weighted by atomic mass is 10.1. The third-order valence-corrected chi connectivity index (χ3v) is 4.95. The van der Waals surface area contributed by atoms with Gasteiger partial charge in [0, 0.05) is 5.56 Å². The van der Waals surface area contributed by atoms with Crippen LogP contribution < -0.4 is 10.2 Å². The molecule has 3 heteroatoms. The number of benzene rings is 3. The van der Waals surface area contributed by atoms with Crippen molar-refractivity contribution in [3.05, 3.63) is 99.2 Å². The molecule has 0 aliphatic heterocycles. The molecule has 0 amide bonds. The summed E-state index contributed by atoms with van der Waals surface area (Å²) in [5.41, 5.74) is 5.60. The van der Waals surface area contributed by atoms with Crippen LogP contribution in [0.1, 0.15) is 22.3 Å². The number of hydrogen-bond donors (Lipinski definition) is 0. The molecule has 3 nitrogen and oxygen atoms in total. The molecule has 0 unspecified atom stereocenters. The van der Waals surface area contributed by atoms with Crippen LogP contribution in [-0.2, 0) is 6.61 Å². The van der Waals surface area contributed by atoms with Gasteiger partial charge < -0.3 is 9.15 Å². The van der Waals surface area contributed by atoms with Gasteiger partial charge in [-0.25, -0.2) is 0 Å². The highest BCUT2D eigenvalue weighted by molar-refractivity contribution is 5.82. The van der Waals surface area contributed by atoms with E-state index >= 15 is 0 Å². The van der Waals surface area contributed by atoms with E-state index < -0.39 is 0 Å². The molecule has 0 bridgehead atoms. The van der Waals surface area contributed by atoms with Crippen LogP contribution in [-0.4, -0.2) is 0 Å². The molecule has 3 aromatic carbocycles. The van der Waals surface area contributed by atoms with Crippen molar-refractivity contribution in [2.75, 3.05) is 0 Å². The number of ether oxygens (including phenoxy) is 1. The Morgan fingerprint density at radius 3 is 2.32 bits per heavy atom. The minimum Gasteiger partial charge on any atom is -0.481 e. The monoisotopic (exact) mass is 370 g/mol. The Bertz CT molecular complexity index is 1200. The molecule has 0 N–H and O–H groups in total. The van der Waals surface area contributed by atoms with Crippen molar-refractivity contribution in [3.8, 4) is 17.1 Å². The Morgan fingerprint density at radius 1 is 0.857 bits per heavy atom. The van der Waals surface area contributed by atoms with Crippen LogP contribution in [0.4, 0.5) is 0 Å². The van der Waals surface area contributed by atoms with E-state index in [-0.39, 0.29) is 11.2 Å². The van der Waals surface area contributed by atoms with Crippen molar-refractivity contribution >= 4 is 11.0 Å². The third-order valence-electron chi connectivity index (χ3n) is 4.95. The highest BCUT2D eigenvalue weighted by Gasteiger charge is 2.18. The van der Waals surface area contributed by atoms with Crippen LogP contribution in [0.5, 0.6) is 5.75 Å². The second-order valence-electron chi connectivity index (χ2n) is 7.17. The second kappa shape index (κ2) is 7.35. The first-order valence-electron chi connectivity index (χ1n) is 9.35. The Morgan fingerprint density at radius 2 is 1.57 bits per heavy atom. The molecule has 0 aliphatic carbocycles. The zero-order valence-corrected chi connectivity index (χ0v) is 16.3. The lowest BCUT2D eigenvalue weighted by Gasteiger charge is -2.13. The van der Waals surface area contributed by atoms with E-state index in [4.69, 9.17) is 9.15 Å². The van der Waals surface area contributed by atoms with Crippen molar-refractivity contribution < 1.29 is 9.15 Å². The van der Waals surface area contributed by atoms with E-state index in [2.05, 4.69) is 0 Å².